The van der Waals surface area contributed by atoms with Gasteiger partial charge in [-0.15, -0.1) is 0 Å². The van der Waals surface area contributed by atoms with Gasteiger partial charge in [0.25, 0.3) is 0 Å². The van der Waals surface area contributed by atoms with Crippen molar-refractivity contribution >= 4 is 11.8 Å². The molecular formula is C10H23NS. The Balaban J connectivity index is 2.91. The minimum absolute atomic E-state index is 0.775. The molecule has 0 aliphatic heterocycles. The van der Waals surface area contributed by atoms with Crippen LogP contribution in [-0.2, 0) is 0 Å². The zero-order valence-corrected chi connectivity index (χ0v) is 9.71. The fourth-order valence-electron chi connectivity index (χ4n) is 0.883. The Bertz CT molecular complexity index is 79.8. The summed E-state index contributed by atoms with van der Waals surface area (Å²) in [6, 6.07) is 0. The van der Waals surface area contributed by atoms with Crippen molar-refractivity contribution in [3.63, 3.8) is 0 Å². The average Bonchev–Trinajstić information content (AvgIpc) is 1.95. The van der Waals surface area contributed by atoms with E-state index in [9.17, 15) is 0 Å². The summed E-state index contributed by atoms with van der Waals surface area (Å²) in [7, 11) is 0. The molecule has 0 bridgehead atoms. The topological polar surface area (TPSA) is 12.0 Å². The molecule has 0 heterocycles. The molecule has 0 fully saturated rings. The van der Waals surface area contributed by atoms with Crippen molar-refractivity contribution in [3.8, 4) is 0 Å². The van der Waals surface area contributed by atoms with Crippen LogP contribution < -0.4 is 5.32 Å². The van der Waals surface area contributed by atoms with Crippen molar-refractivity contribution in [3.05, 3.63) is 0 Å². The summed E-state index contributed by atoms with van der Waals surface area (Å²) in [6.45, 7) is 11.4. The molecule has 0 spiro atoms. The molecule has 0 amide bonds. The summed E-state index contributed by atoms with van der Waals surface area (Å²) in [5, 5.41) is 4.23. The van der Waals surface area contributed by atoms with Crippen molar-refractivity contribution in [2.75, 3.05) is 18.8 Å². The SMILES string of the molecule is CC(C)CCNCCSC(C)C. The van der Waals surface area contributed by atoms with Gasteiger partial charge in [-0.1, -0.05) is 27.7 Å². The maximum absolute atomic E-state index is 3.45. The Morgan fingerprint density at radius 3 is 2.25 bits per heavy atom. The van der Waals surface area contributed by atoms with Crippen LogP contribution in [-0.4, -0.2) is 24.1 Å². The van der Waals surface area contributed by atoms with Crippen LogP contribution in [0, 0.1) is 5.92 Å². The molecule has 0 atom stereocenters. The average molecular weight is 189 g/mol. The Hall–Kier alpha value is 0.310. The summed E-state index contributed by atoms with van der Waals surface area (Å²) in [4.78, 5) is 0. The summed E-state index contributed by atoms with van der Waals surface area (Å²) < 4.78 is 0. The third-order valence-corrected chi connectivity index (χ3v) is 2.73. The molecule has 0 aliphatic carbocycles. The van der Waals surface area contributed by atoms with Crippen LogP contribution in [0.1, 0.15) is 34.1 Å². The van der Waals surface area contributed by atoms with Crippen LogP contribution in [0.2, 0.25) is 0 Å². The van der Waals surface area contributed by atoms with Crippen LogP contribution in [0.25, 0.3) is 0 Å². The quantitative estimate of drug-likeness (QED) is 0.618. The van der Waals surface area contributed by atoms with Crippen molar-refractivity contribution in [2.45, 2.75) is 39.4 Å². The Morgan fingerprint density at radius 1 is 1.08 bits per heavy atom. The molecule has 12 heavy (non-hydrogen) atoms. The Kier molecular flexibility index (Phi) is 8.14. The number of hydrogen-bond donors (Lipinski definition) is 1. The highest BCUT2D eigenvalue weighted by Gasteiger charge is 1.94. The molecule has 0 saturated heterocycles. The van der Waals surface area contributed by atoms with E-state index in [1.54, 1.807) is 0 Å². The van der Waals surface area contributed by atoms with Crippen molar-refractivity contribution in [2.24, 2.45) is 5.92 Å². The number of hydrogen-bond acceptors (Lipinski definition) is 2. The van der Waals surface area contributed by atoms with E-state index in [2.05, 4.69) is 33.0 Å². The third-order valence-electron chi connectivity index (χ3n) is 1.63. The second-order valence-corrected chi connectivity index (χ2v) is 5.54. The van der Waals surface area contributed by atoms with Crippen molar-refractivity contribution in [1.82, 2.24) is 5.32 Å². The van der Waals surface area contributed by atoms with E-state index >= 15 is 0 Å². The van der Waals surface area contributed by atoms with E-state index in [1.807, 2.05) is 11.8 Å². The van der Waals surface area contributed by atoms with Gasteiger partial charge in [0.1, 0.15) is 0 Å². The summed E-state index contributed by atoms with van der Waals surface area (Å²) in [5.41, 5.74) is 0. The first-order valence-corrected chi connectivity index (χ1v) is 6.00. The standard InChI is InChI=1S/C10H23NS/c1-9(2)5-6-11-7-8-12-10(3)4/h9-11H,5-8H2,1-4H3. The monoisotopic (exact) mass is 189 g/mol. The molecule has 1 N–H and O–H groups in total. The zero-order chi connectivity index (χ0) is 9.40. The first kappa shape index (κ1) is 12.3. The van der Waals surface area contributed by atoms with E-state index < -0.39 is 0 Å². The number of nitrogens with one attached hydrogen (secondary N) is 1. The van der Waals surface area contributed by atoms with E-state index in [0.717, 1.165) is 17.7 Å². The lowest BCUT2D eigenvalue weighted by Gasteiger charge is -2.07. The predicted octanol–water partition coefficient (Wildman–Crippen LogP) is 2.76. The second kappa shape index (κ2) is 7.93. The third kappa shape index (κ3) is 10.3. The van der Waals surface area contributed by atoms with Gasteiger partial charge in [0.05, 0.1) is 0 Å². The van der Waals surface area contributed by atoms with E-state index in [4.69, 9.17) is 0 Å². The molecule has 1 nitrogen and oxygen atoms in total. The molecule has 0 saturated carbocycles. The van der Waals surface area contributed by atoms with Gasteiger partial charge in [-0.05, 0) is 24.1 Å². The molecule has 74 valence electrons. The Labute approximate surface area is 81.7 Å². The maximum Gasteiger partial charge on any atom is 0.00606 e. The highest BCUT2D eigenvalue weighted by Crippen LogP contribution is 2.06. The van der Waals surface area contributed by atoms with Gasteiger partial charge in [0.2, 0.25) is 0 Å². The first-order chi connectivity index (χ1) is 5.63. The fraction of sp³-hybridized carbons (Fsp3) is 1.00. The predicted molar refractivity (Wildman–Crippen MR) is 59.9 cm³/mol. The van der Waals surface area contributed by atoms with Gasteiger partial charge in [-0.25, -0.2) is 0 Å². The molecule has 0 rings (SSSR count). The summed E-state index contributed by atoms with van der Waals surface area (Å²) in [6.07, 6.45) is 1.30. The molecule has 0 unspecified atom stereocenters. The molecule has 0 aliphatic rings. The maximum atomic E-state index is 3.45. The van der Waals surface area contributed by atoms with Crippen LogP contribution in [0.5, 0.6) is 0 Å². The highest BCUT2D eigenvalue weighted by molar-refractivity contribution is 7.99. The highest BCUT2D eigenvalue weighted by atomic mass is 32.2. The lowest BCUT2D eigenvalue weighted by molar-refractivity contribution is 0.547. The normalized spacial score (nSPS) is 11.5. The second-order valence-electron chi connectivity index (χ2n) is 3.85. The lowest BCUT2D eigenvalue weighted by Crippen LogP contribution is -2.20. The lowest BCUT2D eigenvalue weighted by atomic mass is 10.1. The largest absolute Gasteiger partial charge is 0.316 e. The molecule has 0 radical (unpaired) electrons. The van der Waals surface area contributed by atoms with Gasteiger partial charge >= 0.3 is 0 Å². The van der Waals surface area contributed by atoms with Gasteiger partial charge in [-0.2, -0.15) is 11.8 Å². The summed E-state index contributed by atoms with van der Waals surface area (Å²) in [5.74, 6) is 2.07. The van der Waals surface area contributed by atoms with Crippen LogP contribution >= 0.6 is 11.8 Å². The molecular weight excluding hydrogens is 166 g/mol. The molecule has 2 heteroatoms. The van der Waals surface area contributed by atoms with Crippen LogP contribution in [0.3, 0.4) is 0 Å². The molecule has 0 aromatic carbocycles. The smallest absolute Gasteiger partial charge is 0.00606 e. The first-order valence-electron chi connectivity index (χ1n) is 4.95. The summed E-state index contributed by atoms with van der Waals surface area (Å²) >= 11 is 2.03. The molecule has 0 aromatic rings. The van der Waals surface area contributed by atoms with Gasteiger partial charge in [-0.3, -0.25) is 0 Å². The molecule has 0 aromatic heterocycles. The van der Waals surface area contributed by atoms with Gasteiger partial charge in [0, 0.05) is 12.3 Å². The minimum atomic E-state index is 0.775. The fourth-order valence-corrected chi connectivity index (χ4v) is 1.62. The minimum Gasteiger partial charge on any atom is -0.316 e. The number of thioether (sulfide) groups is 1. The zero-order valence-electron chi connectivity index (χ0n) is 8.89. The Morgan fingerprint density at radius 2 is 1.75 bits per heavy atom. The van der Waals surface area contributed by atoms with Gasteiger partial charge < -0.3 is 5.32 Å². The number of rotatable bonds is 7. The van der Waals surface area contributed by atoms with E-state index in [-0.39, 0.29) is 0 Å². The van der Waals surface area contributed by atoms with Crippen molar-refractivity contribution < 1.29 is 0 Å². The van der Waals surface area contributed by atoms with Crippen molar-refractivity contribution in [1.29, 1.82) is 0 Å². The van der Waals surface area contributed by atoms with E-state index in [1.165, 1.54) is 18.7 Å². The van der Waals surface area contributed by atoms with E-state index in [0.29, 0.717) is 0 Å². The van der Waals surface area contributed by atoms with Gasteiger partial charge in [0.15, 0.2) is 0 Å². The van der Waals surface area contributed by atoms with Crippen LogP contribution in [0.15, 0.2) is 0 Å². The van der Waals surface area contributed by atoms with Crippen LogP contribution in [0.4, 0.5) is 0 Å².